The van der Waals surface area contributed by atoms with Crippen molar-refractivity contribution in [3.8, 4) is 0 Å². The molecule has 0 saturated heterocycles. The van der Waals surface area contributed by atoms with E-state index in [1.165, 1.54) is 0 Å². The van der Waals surface area contributed by atoms with E-state index in [4.69, 9.17) is 10.8 Å². The van der Waals surface area contributed by atoms with Gasteiger partial charge in [-0.25, -0.2) is 9.79 Å². The van der Waals surface area contributed by atoms with Crippen LogP contribution in [-0.2, 0) is 4.79 Å². The summed E-state index contributed by atoms with van der Waals surface area (Å²) in [7, 11) is 0. The predicted molar refractivity (Wildman–Crippen MR) is 54.8 cm³/mol. The summed E-state index contributed by atoms with van der Waals surface area (Å²) in [5.74, 6) is -1.16. The first-order valence-electron chi connectivity index (χ1n) is 3.93. The highest BCUT2D eigenvalue weighted by Gasteiger charge is 2.07. The van der Waals surface area contributed by atoms with Gasteiger partial charge in [0.25, 0.3) is 0 Å². The van der Waals surface area contributed by atoms with Gasteiger partial charge in [-0.3, -0.25) is 0 Å². The molecule has 0 aromatic carbocycles. The van der Waals surface area contributed by atoms with Gasteiger partial charge in [-0.1, -0.05) is 24.8 Å². The molecular formula is C10H10N2O2. The van der Waals surface area contributed by atoms with E-state index in [2.05, 4.69) is 11.6 Å². The van der Waals surface area contributed by atoms with Crippen LogP contribution in [0.2, 0.25) is 0 Å². The Balaban J connectivity index is 2.98. The van der Waals surface area contributed by atoms with Gasteiger partial charge >= 0.3 is 5.97 Å². The highest BCUT2D eigenvalue weighted by Crippen LogP contribution is 2.08. The average Bonchev–Trinajstić information content (AvgIpc) is 2.16. The summed E-state index contributed by atoms with van der Waals surface area (Å²) >= 11 is 0. The van der Waals surface area contributed by atoms with Crippen molar-refractivity contribution in [1.82, 2.24) is 0 Å². The maximum absolute atomic E-state index is 10.6. The SMILES string of the molecule is C=C1C=CC=C/C1=N/C(=C\N)C(=O)O. The van der Waals surface area contributed by atoms with E-state index in [9.17, 15) is 4.79 Å². The van der Waals surface area contributed by atoms with E-state index in [0.717, 1.165) is 6.20 Å². The Bertz CT molecular complexity index is 387. The minimum Gasteiger partial charge on any atom is -0.476 e. The molecule has 14 heavy (non-hydrogen) atoms. The van der Waals surface area contributed by atoms with Crippen LogP contribution in [0.25, 0.3) is 0 Å². The number of aliphatic imine (C=N–C) groups is 1. The number of hydrogen-bond donors (Lipinski definition) is 2. The van der Waals surface area contributed by atoms with Crippen LogP contribution < -0.4 is 5.73 Å². The zero-order chi connectivity index (χ0) is 10.6. The topological polar surface area (TPSA) is 75.7 Å². The maximum Gasteiger partial charge on any atom is 0.356 e. The molecule has 0 amide bonds. The smallest absolute Gasteiger partial charge is 0.356 e. The van der Waals surface area contributed by atoms with Gasteiger partial charge in [-0.15, -0.1) is 0 Å². The van der Waals surface area contributed by atoms with Crippen molar-refractivity contribution < 1.29 is 9.90 Å². The molecule has 4 nitrogen and oxygen atoms in total. The van der Waals surface area contributed by atoms with E-state index >= 15 is 0 Å². The van der Waals surface area contributed by atoms with Crippen LogP contribution in [0.5, 0.6) is 0 Å². The van der Waals surface area contributed by atoms with Gasteiger partial charge in [-0.2, -0.15) is 0 Å². The highest BCUT2D eigenvalue weighted by atomic mass is 16.4. The van der Waals surface area contributed by atoms with Crippen LogP contribution in [0.15, 0.2) is 53.3 Å². The van der Waals surface area contributed by atoms with Crippen molar-refractivity contribution in [3.05, 3.63) is 48.4 Å². The molecule has 0 fully saturated rings. The fourth-order valence-corrected chi connectivity index (χ4v) is 0.906. The Hall–Kier alpha value is -2.10. The summed E-state index contributed by atoms with van der Waals surface area (Å²) in [4.78, 5) is 14.4. The van der Waals surface area contributed by atoms with Crippen molar-refractivity contribution in [2.45, 2.75) is 0 Å². The lowest BCUT2D eigenvalue weighted by molar-refractivity contribution is -0.132. The van der Waals surface area contributed by atoms with Crippen LogP contribution >= 0.6 is 0 Å². The number of aliphatic carboxylic acids is 1. The molecule has 0 aliphatic heterocycles. The van der Waals surface area contributed by atoms with E-state index in [1.54, 1.807) is 24.3 Å². The van der Waals surface area contributed by atoms with Crippen LogP contribution in [0.1, 0.15) is 0 Å². The van der Waals surface area contributed by atoms with E-state index in [-0.39, 0.29) is 5.70 Å². The standard InChI is InChI=1S/C10H10N2O2/c1-7-4-2-3-5-8(7)12-9(6-11)10(13)14/h2-6H,1,11H2,(H,13,14)/b9-6-,12-8-. The fourth-order valence-electron chi connectivity index (χ4n) is 0.906. The molecule has 0 aromatic rings. The van der Waals surface area contributed by atoms with Crippen molar-refractivity contribution in [1.29, 1.82) is 0 Å². The molecule has 0 saturated carbocycles. The number of carbonyl (C=O) groups is 1. The summed E-state index contributed by atoms with van der Waals surface area (Å²) in [5, 5.41) is 8.66. The Morgan fingerprint density at radius 3 is 2.64 bits per heavy atom. The lowest BCUT2D eigenvalue weighted by Crippen LogP contribution is -2.06. The van der Waals surface area contributed by atoms with Crippen LogP contribution in [0.3, 0.4) is 0 Å². The number of allylic oxidation sites excluding steroid dienone is 5. The van der Waals surface area contributed by atoms with Gasteiger partial charge in [0, 0.05) is 6.20 Å². The van der Waals surface area contributed by atoms with E-state index < -0.39 is 5.97 Å². The van der Waals surface area contributed by atoms with Gasteiger partial charge in [0.2, 0.25) is 0 Å². The molecule has 0 spiro atoms. The lowest BCUT2D eigenvalue weighted by atomic mass is 10.1. The number of nitrogens with zero attached hydrogens (tertiary/aromatic N) is 1. The molecule has 0 heterocycles. The summed E-state index contributed by atoms with van der Waals surface area (Å²) in [6, 6.07) is 0. The molecule has 3 N–H and O–H groups in total. The van der Waals surface area contributed by atoms with Crippen molar-refractivity contribution in [3.63, 3.8) is 0 Å². The molecule has 1 rings (SSSR count). The third kappa shape index (κ3) is 2.20. The number of rotatable bonds is 2. The number of hydrogen-bond acceptors (Lipinski definition) is 3. The lowest BCUT2D eigenvalue weighted by Gasteiger charge is -2.04. The Kier molecular flexibility index (Phi) is 3.01. The zero-order valence-corrected chi connectivity index (χ0v) is 7.47. The van der Waals surface area contributed by atoms with Crippen molar-refractivity contribution in [2.24, 2.45) is 10.7 Å². The van der Waals surface area contributed by atoms with Gasteiger partial charge < -0.3 is 10.8 Å². The first-order valence-corrected chi connectivity index (χ1v) is 3.93. The first-order chi connectivity index (χ1) is 6.65. The molecule has 4 heteroatoms. The minimum atomic E-state index is -1.16. The van der Waals surface area contributed by atoms with Gasteiger partial charge in [0.1, 0.15) is 0 Å². The molecule has 0 unspecified atom stereocenters. The Labute approximate surface area is 81.5 Å². The minimum absolute atomic E-state index is 0.193. The summed E-state index contributed by atoms with van der Waals surface area (Å²) in [5.41, 5.74) is 6.09. The molecule has 0 atom stereocenters. The molecule has 1 aliphatic rings. The third-order valence-corrected chi connectivity index (χ3v) is 1.61. The normalized spacial score (nSPS) is 19.0. The van der Waals surface area contributed by atoms with Crippen molar-refractivity contribution >= 4 is 11.7 Å². The Morgan fingerprint density at radius 2 is 2.14 bits per heavy atom. The monoisotopic (exact) mass is 190 g/mol. The molecule has 0 bridgehead atoms. The van der Waals surface area contributed by atoms with E-state index in [1.807, 2.05) is 0 Å². The second-order valence-electron chi connectivity index (χ2n) is 2.60. The summed E-state index contributed by atoms with van der Waals surface area (Å²) in [6.45, 7) is 3.71. The average molecular weight is 190 g/mol. The summed E-state index contributed by atoms with van der Waals surface area (Å²) in [6.07, 6.45) is 7.93. The van der Waals surface area contributed by atoms with Gasteiger partial charge in [0.15, 0.2) is 5.70 Å². The first kappa shape index (κ1) is 9.98. The second-order valence-corrected chi connectivity index (χ2v) is 2.60. The molecule has 0 aromatic heterocycles. The fraction of sp³-hybridized carbons (Fsp3) is 0. The highest BCUT2D eigenvalue weighted by molar-refractivity contribution is 6.12. The van der Waals surface area contributed by atoms with Crippen LogP contribution in [0.4, 0.5) is 0 Å². The number of carboxylic acid groups (broad SMARTS) is 1. The van der Waals surface area contributed by atoms with Crippen LogP contribution in [-0.4, -0.2) is 16.8 Å². The van der Waals surface area contributed by atoms with Crippen LogP contribution in [0, 0.1) is 0 Å². The molecule has 0 radical (unpaired) electrons. The van der Waals surface area contributed by atoms with Gasteiger partial charge in [-0.05, 0) is 11.6 Å². The molecule has 1 aliphatic carbocycles. The zero-order valence-electron chi connectivity index (χ0n) is 7.47. The van der Waals surface area contributed by atoms with Crippen molar-refractivity contribution in [2.75, 3.05) is 0 Å². The maximum atomic E-state index is 10.6. The molecule has 72 valence electrons. The van der Waals surface area contributed by atoms with Gasteiger partial charge in [0.05, 0.1) is 5.71 Å². The second kappa shape index (κ2) is 4.23. The quantitative estimate of drug-likeness (QED) is 0.637. The molecular weight excluding hydrogens is 180 g/mol. The Morgan fingerprint density at radius 1 is 1.50 bits per heavy atom. The predicted octanol–water partition coefficient (Wildman–Crippen LogP) is 0.994. The third-order valence-electron chi connectivity index (χ3n) is 1.61. The number of nitrogens with two attached hydrogens (primary N) is 1. The largest absolute Gasteiger partial charge is 0.476 e. The summed E-state index contributed by atoms with van der Waals surface area (Å²) < 4.78 is 0. The van der Waals surface area contributed by atoms with E-state index in [0.29, 0.717) is 11.3 Å². The number of carboxylic acids is 1.